The molecule has 2 amide bonds. The van der Waals surface area contributed by atoms with Crippen molar-refractivity contribution in [2.24, 2.45) is 0 Å². The summed E-state index contributed by atoms with van der Waals surface area (Å²) in [6.45, 7) is -0.246. The fourth-order valence-corrected chi connectivity index (χ4v) is 2.87. The lowest BCUT2D eigenvalue weighted by atomic mass is 10.0. The Balaban J connectivity index is 1.75. The third-order valence-electron chi connectivity index (χ3n) is 4.19. The molecule has 0 aromatic heterocycles. The number of hydrogen-bond donors (Lipinski definition) is 2. The van der Waals surface area contributed by atoms with E-state index < -0.39 is 16.8 Å². The lowest BCUT2D eigenvalue weighted by molar-refractivity contribution is -0.384. The van der Waals surface area contributed by atoms with Crippen molar-refractivity contribution in [3.63, 3.8) is 0 Å². The second-order valence-electron chi connectivity index (χ2n) is 5.98. The van der Waals surface area contributed by atoms with E-state index in [9.17, 15) is 24.5 Å². The number of anilines is 2. The number of fused-ring (bicyclic) bond motifs is 1. The minimum Gasteiger partial charge on any atom is -0.478 e. The fraction of sp³-hybridized carbons (Fsp3) is 0.167. The van der Waals surface area contributed by atoms with Gasteiger partial charge in [0.25, 0.3) is 5.69 Å². The molecule has 0 unspecified atom stereocenters. The van der Waals surface area contributed by atoms with Crippen LogP contribution >= 0.6 is 0 Å². The van der Waals surface area contributed by atoms with Crippen molar-refractivity contribution in [3.05, 3.63) is 63.7 Å². The highest BCUT2D eigenvalue weighted by Gasteiger charge is 2.27. The third kappa shape index (κ3) is 3.92. The molecule has 9 heteroatoms. The number of carboxylic acid groups (broad SMARTS) is 1. The van der Waals surface area contributed by atoms with Gasteiger partial charge in [0.2, 0.25) is 11.8 Å². The van der Waals surface area contributed by atoms with Crippen LogP contribution in [0, 0.1) is 10.1 Å². The quantitative estimate of drug-likeness (QED) is 0.614. The van der Waals surface area contributed by atoms with Crippen LogP contribution in [0.1, 0.15) is 22.3 Å². The maximum atomic E-state index is 12.3. The molecule has 0 saturated carbocycles. The van der Waals surface area contributed by atoms with Crippen molar-refractivity contribution in [2.45, 2.75) is 12.8 Å². The average Bonchev–Trinajstić information content (AvgIpc) is 2.64. The van der Waals surface area contributed by atoms with Gasteiger partial charge >= 0.3 is 5.97 Å². The molecule has 0 atom stereocenters. The number of carboxylic acids is 1. The highest BCUT2D eigenvalue weighted by atomic mass is 16.6. The Morgan fingerprint density at radius 2 is 1.85 bits per heavy atom. The monoisotopic (exact) mass is 369 g/mol. The Hall–Kier alpha value is -3.75. The van der Waals surface area contributed by atoms with Crippen LogP contribution < -0.4 is 10.2 Å². The maximum Gasteiger partial charge on any atom is 0.335 e. The first kappa shape index (κ1) is 18.1. The van der Waals surface area contributed by atoms with Crippen molar-refractivity contribution in [3.8, 4) is 0 Å². The van der Waals surface area contributed by atoms with E-state index in [2.05, 4.69) is 5.32 Å². The summed E-state index contributed by atoms with van der Waals surface area (Å²) < 4.78 is 0. The molecule has 3 rings (SSSR count). The van der Waals surface area contributed by atoms with Crippen molar-refractivity contribution in [1.29, 1.82) is 0 Å². The summed E-state index contributed by atoms with van der Waals surface area (Å²) in [5.74, 6) is -1.78. The Bertz CT molecular complexity index is 939. The maximum absolute atomic E-state index is 12.3. The summed E-state index contributed by atoms with van der Waals surface area (Å²) >= 11 is 0. The van der Waals surface area contributed by atoms with E-state index in [-0.39, 0.29) is 30.1 Å². The van der Waals surface area contributed by atoms with E-state index in [1.807, 2.05) is 0 Å². The predicted molar refractivity (Wildman–Crippen MR) is 95.8 cm³/mol. The first-order valence-electron chi connectivity index (χ1n) is 8.06. The lowest BCUT2D eigenvalue weighted by Crippen LogP contribution is -2.40. The van der Waals surface area contributed by atoms with Gasteiger partial charge in [0.05, 0.1) is 10.5 Å². The number of benzene rings is 2. The van der Waals surface area contributed by atoms with E-state index in [0.29, 0.717) is 23.4 Å². The molecule has 0 radical (unpaired) electrons. The van der Waals surface area contributed by atoms with Gasteiger partial charge in [-0.1, -0.05) is 0 Å². The van der Waals surface area contributed by atoms with Gasteiger partial charge in [0.1, 0.15) is 6.54 Å². The number of hydrogen-bond acceptors (Lipinski definition) is 5. The normalized spacial score (nSPS) is 13.0. The van der Waals surface area contributed by atoms with Crippen LogP contribution in [0.15, 0.2) is 42.5 Å². The molecule has 0 bridgehead atoms. The molecule has 1 heterocycles. The van der Waals surface area contributed by atoms with Crippen LogP contribution in [0.2, 0.25) is 0 Å². The van der Waals surface area contributed by atoms with Crippen molar-refractivity contribution in [2.75, 3.05) is 16.8 Å². The highest BCUT2D eigenvalue weighted by Crippen LogP contribution is 2.31. The van der Waals surface area contributed by atoms with E-state index in [1.165, 1.54) is 47.4 Å². The molecule has 138 valence electrons. The number of nitro benzene ring substituents is 1. The van der Waals surface area contributed by atoms with Crippen LogP contribution in [0.5, 0.6) is 0 Å². The standard InChI is InChI=1S/C18H15N3O6/c22-16(19-13-4-1-11(2-5-13)18(24)25)10-20-15-7-6-14(21(26)27)9-12(15)3-8-17(20)23/h1-2,4-7,9H,3,8,10H2,(H,19,22)(H,24,25). The van der Waals surface area contributed by atoms with Gasteiger partial charge in [-0.3, -0.25) is 19.7 Å². The minimum absolute atomic E-state index is 0.0639. The third-order valence-corrected chi connectivity index (χ3v) is 4.19. The lowest BCUT2D eigenvalue weighted by Gasteiger charge is -2.28. The molecule has 0 aliphatic carbocycles. The Morgan fingerprint density at radius 1 is 1.15 bits per heavy atom. The summed E-state index contributed by atoms with van der Waals surface area (Å²) in [7, 11) is 0. The van der Waals surface area contributed by atoms with E-state index in [1.54, 1.807) is 0 Å². The zero-order valence-electron chi connectivity index (χ0n) is 14.0. The largest absolute Gasteiger partial charge is 0.478 e. The number of rotatable bonds is 5. The molecule has 27 heavy (non-hydrogen) atoms. The second kappa shape index (κ2) is 7.24. The molecule has 2 N–H and O–H groups in total. The Morgan fingerprint density at radius 3 is 2.48 bits per heavy atom. The van der Waals surface area contributed by atoms with Gasteiger partial charge in [0.15, 0.2) is 0 Å². The molecule has 2 aromatic carbocycles. The topological polar surface area (TPSA) is 130 Å². The number of aromatic carboxylic acids is 1. The van der Waals surface area contributed by atoms with E-state index in [0.717, 1.165) is 0 Å². The van der Waals surface area contributed by atoms with Crippen LogP contribution in [0.4, 0.5) is 17.1 Å². The number of carbonyl (C=O) groups excluding carboxylic acids is 2. The zero-order valence-corrected chi connectivity index (χ0v) is 14.0. The molecule has 2 aromatic rings. The molecule has 1 aliphatic heterocycles. The van der Waals surface area contributed by atoms with Crippen molar-refractivity contribution >= 4 is 34.8 Å². The number of carbonyl (C=O) groups is 3. The van der Waals surface area contributed by atoms with Gasteiger partial charge in [-0.15, -0.1) is 0 Å². The van der Waals surface area contributed by atoms with Crippen LogP contribution in [0.3, 0.4) is 0 Å². The zero-order chi connectivity index (χ0) is 19.6. The number of nitrogens with zero attached hydrogens (tertiary/aromatic N) is 2. The summed E-state index contributed by atoms with van der Waals surface area (Å²) in [5, 5.41) is 22.4. The second-order valence-corrected chi connectivity index (χ2v) is 5.98. The van der Waals surface area contributed by atoms with Crippen LogP contribution in [-0.2, 0) is 16.0 Å². The first-order valence-corrected chi connectivity index (χ1v) is 8.06. The molecule has 0 spiro atoms. The summed E-state index contributed by atoms with van der Waals surface area (Å²) in [5.41, 5.74) is 1.55. The van der Waals surface area contributed by atoms with Gasteiger partial charge in [-0.05, 0) is 42.3 Å². The first-order chi connectivity index (χ1) is 12.8. The number of aryl methyl sites for hydroxylation is 1. The fourth-order valence-electron chi connectivity index (χ4n) is 2.87. The van der Waals surface area contributed by atoms with E-state index in [4.69, 9.17) is 5.11 Å². The number of non-ortho nitro benzene ring substituents is 1. The molecular weight excluding hydrogens is 354 g/mol. The Labute approximate surface area is 153 Å². The number of amides is 2. The molecule has 0 saturated heterocycles. The van der Waals surface area contributed by atoms with Gasteiger partial charge in [0, 0.05) is 29.9 Å². The molecule has 0 fully saturated rings. The average molecular weight is 369 g/mol. The van der Waals surface area contributed by atoms with Crippen LogP contribution in [0.25, 0.3) is 0 Å². The minimum atomic E-state index is -1.07. The number of nitrogens with one attached hydrogen (secondary N) is 1. The summed E-state index contributed by atoms with van der Waals surface area (Å²) in [6, 6.07) is 9.81. The smallest absolute Gasteiger partial charge is 0.335 e. The molecule has 9 nitrogen and oxygen atoms in total. The van der Waals surface area contributed by atoms with Crippen molar-refractivity contribution in [1.82, 2.24) is 0 Å². The summed E-state index contributed by atoms with van der Waals surface area (Å²) in [6.07, 6.45) is 0.541. The SMILES string of the molecule is O=C(CN1C(=O)CCc2cc([N+](=O)[O-])ccc21)Nc1ccc(C(=O)O)cc1. The van der Waals surface area contributed by atoms with E-state index >= 15 is 0 Å². The highest BCUT2D eigenvalue weighted by molar-refractivity contribution is 6.04. The Kier molecular flexibility index (Phi) is 4.84. The van der Waals surface area contributed by atoms with Gasteiger partial charge in [-0.25, -0.2) is 4.79 Å². The van der Waals surface area contributed by atoms with Crippen LogP contribution in [-0.4, -0.2) is 34.4 Å². The van der Waals surface area contributed by atoms with Gasteiger partial charge in [-0.2, -0.15) is 0 Å². The van der Waals surface area contributed by atoms with Gasteiger partial charge < -0.3 is 15.3 Å². The van der Waals surface area contributed by atoms with Crippen molar-refractivity contribution < 1.29 is 24.4 Å². The predicted octanol–water partition coefficient (Wildman–Crippen LogP) is 2.21. The summed E-state index contributed by atoms with van der Waals surface area (Å²) in [4.78, 5) is 47.1. The molecule has 1 aliphatic rings. The molecular formula is C18H15N3O6. The number of nitro groups is 1.